The summed E-state index contributed by atoms with van der Waals surface area (Å²) in [5.74, 6) is -3.78. The molecule has 0 aromatic heterocycles. The third-order valence-electron chi connectivity index (χ3n) is 4.93. The number of ether oxygens (including phenoxy) is 1. The highest BCUT2D eigenvalue weighted by Gasteiger charge is 2.54. The largest absolute Gasteiger partial charge is 0.389 e. The van der Waals surface area contributed by atoms with E-state index in [0.29, 0.717) is 0 Å². The summed E-state index contributed by atoms with van der Waals surface area (Å²) in [5, 5.41) is 11.8. The van der Waals surface area contributed by atoms with Crippen molar-refractivity contribution in [3.05, 3.63) is 107 Å². The molecular formula is C23H16O5. The first-order valence-electron chi connectivity index (χ1n) is 8.76. The highest BCUT2D eigenvalue weighted by Crippen LogP contribution is 2.43. The molecule has 1 aliphatic rings. The normalized spacial score (nSPS) is 18.0. The monoisotopic (exact) mass is 372 g/mol. The standard InChI is InChI=1S/C23H16O5/c24-20(15-9-3-1-4-10-15)23(27,16-11-5-2-6-12-16)19-17-13-7-8-14-18(17)21(25)28-22(19)26/h1-14,19,27H. The zero-order valence-electron chi connectivity index (χ0n) is 14.7. The molecular weight excluding hydrogens is 356 g/mol. The molecule has 0 fully saturated rings. The number of aliphatic hydroxyl groups is 1. The molecule has 1 aliphatic heterocycles. The van der Waals surface area contributed by atoms with Crippen LogP contribution < -0.4 is 0 Å². The highest BCUT2D eigenvalue weighted by atomic mass is 16.6. The molecule has 4 rings (SSSR count). The van der Waals surface area contributed by atoms with Gasteiger partial charge in [0.15, 0.2) is 11.4 Å². The molecule has 5 nitrogen and oxygen atoms in total. The molecule has 1 heterocycles. The maximum Gasteiger partial charge on any atom is 0.346 e. The molecule has 0 amide bonds. The van der Waals surface area contributed by atoms with Crippen LogP contribution in [0.3, 0.4) is 0 Å². The molecule has 0 bridgehead atoms. The van der Waals surface area contributed by atoms with Crippen molar-refractivity contribution < 1.29 is 24.2 Å². The lowest BCUT2D eigenvalue weighted by atomic mass is 9.71. The summed E-state index contributed by atoms with van der Waals surface area (Å²) in [7, 11) is 0. The summed E-state index contributed by atoms with van der Waals surface area (Å²) in [5.41, 5.74) is -1.33. The topological polar surface area (TPSA) is 80.7 Å². The van der Waals surface area contributed by atoms with Crippen molar-refractivity contribution in [1.82, 2.24) is 0 Å². The van der Waals surface area contributed by atoms with Crippen LogP contribution in [0.2, 0.25) is 0 Å². The molecule has 0 aliphatic carbocycles. The molecule has 1 N–H and O–H groups in total. The van der Waals surface area contributed by atoms with Crippen LogP contribution in [-0.2, 0) is 15.1 Å². The number of rotatable bonds is 4. The first kappa shape index (κ1) is 17.8. The summed E-state index contributed by atoms with van der Waals surface area (Å²) in [6, 6.07) is 22.8. The number of ketones is 1. The van der Waals surface area contributed by atoms with Gasteiger partial charge < -0.3 is 9.84 Å². The van der Waals surface area contributed by atoms with Crippen LogP contribution in [0.5, 0.6) is 0 Å². The van der Waals surface area contributed by atoms with E-state index in [1.807, 2.05) is 0 Å². The Balaban J connectivity index is 1.97. The van der Waals surface area contributed by atoms with Gasteiger partial charge in [-0.3, -0.25) is 9.59 Å². The predicted octanol–water partition coefficient (Wildman–Crippen LogP) is 3.24. The average molecular weight is 372 g/mol. The van der Waals surface area contributed by atoms with Crippen molar-refractivity contribution in [2.45, 2.75) is 11.5 Å². The zero-order chi connectivity index (χ0) is 19.7. The van der Waals surface area contributed by atoms with Gasteiger partial charge in [-0.25, -0.2) is 4.79 Å². The molecule has 3 aromatic carbocycles. The summed E-state index contributed by atoms with van der Waals surface area (Å²) < 4.78 is 4.89. The lowest BCUT2D eigenvalue weighted by Gasteiger charge is -2.36. The van der Waals surface area contributed by atoms with E-state index in [-0.39, 0.29) is 22.3 Å². The van der Waals surface area contributed by atoms with E-state index in [9.17, 15) is 19.5 Å². The summed E-state index contributed by atoms with van der Waals surface area (Å²) >= 11 is 0. The van der Waals surface area contributed by atoms with Gasteiger partial charge in [0, 0.05) is 5.56 Å². The van der Waals surface area contributed by atoms with Gasteiger partial charge in [0.2, 0.25) is 0 Å². The molecule has 2 unspecified atom stereocenters. The maximum absolute atomic E-state index is 13.5. The van der Waals surface area contributed by atoms with Crippen molar-refractivity contribution in [3.8, 4) is 0 Å². The maximum atomic E-state index is 13.5. The molecule has 0 saturated heterocycles. The molecule has 2 atom stereocenters. The third kappa shape index (κ3) is 2.73. The summed E-state index contributed by atoms with van der Waals surface area (Å²) in [6.45, 7) is 0. The Labute approximate surface area is 161 Å². The van der Waals surface area contributed by atoms with E-state index in [4.69, 9.17) is 4.74 Å². The lowest BCUT2D eigenvalue weighted by molar-refractivity contribution is -0.146. The number of cyclic esters (lactones) is 2. The fraction of sp³-hybridized carbons (Fsp3) is 0.0870. The Bertz CT molecular complexity index is 1060. The number of hydrogen-bond acceptors (Lipinski definition) is 5. The number of fused-ring (bicyclic) bond motifs is 1. The van der Waals surface area contributed by atoms with Crippen LogP contribution in [0.25, 0.3) is 0 Å². The SMILES string of the molecule is O=C1OC(=O)C(C(O)(C(=O)c2ccccc2)c2ccccc2)c2ccccc21. The number of carbonyl (C=O) groups is 3. The van der Waals surface area contributed by atoms with Gasteiger partial charge in [-0.2, -0.15) is 0 Å². The van der Waals surface area contributed by atoms with Crippen LogP contribution in [0.4, 0.5) is 0 Å². The number of benzene rings is 3. The minimum Gasteiger partial charge on any atom is -0.389 e. The van der Waals surface area contributed by atoms with Crippen molar-refractivity contribution in [3.63, 3.8) is 0 Å². The Kier molecular flexibility index (Phi) is 4.37. The van der Waals surface area contributed by atoms with E-state index in [0.717, 1.165) is 0 Å². The van der Waals surface area contributed by atoms with Crippen molar-refractivity contribution >= 4 is 17.7 Å². The van der Waals surface area contributed by atoms with Gasteiger partial charge in [0.25, 0.3) is 0 Å². The van der Waals surface area contributed by atoms with Crippen LogP contribution >= 0.6 is 0 Å². The number of esters is 2. The summed E-state index contributed by atoms with van der Waals surface area (Å²) in [6.07, 6.45) is 0. The van der Waals surface area contributed by atoms with Gasteiger partial charge in [-0.1, -0.05) is 78.9 Å². The zero-order valence-corrected chi connectivity index (χ0v) is 14.7. The smallest absolute Gasteiger partial charge is 0.346 e. The number of carbonyl (C=O) groups excluding carboxylic acids is 3. The second-order valence-electron chi connectivity index (χ2n) is 6.56. The van der Waals surface area contributed by atoms with Gasteiger partial charge in [-0.15, -0.1) is 0 Å². The van der Waals surface area contributed by atoms with Crippen molar-refractivity contribution in [1.29, 1.82) is 0 Å². The molecule has 138 valence electrons. The fourth-order valence-electron chi connectivity index (χ4n) is 3.59. The first-order chi connectivity index (χ1) is 13.5. The number of Topliss-reactive ketones (excluding diaryl/α,β-unsaturated/α-hetero) is 1. The van der Waals surface area contributed by atoms with Crippen LogP contribution in [0.15, 0.2) is 84.9 Å². The fourth-order valence-corrected chi connectivity index (χ4v) is 3.59. The summed E-state index contributed by atoms with van der Waals surface area (Å²) in [4.78, 5) is 38.4. The molecule has 3 aromatic rings. The van der Waals surface area contributed by atoms with Crippen molar-refractivity contribution in [2.75, 3.05) is 0 Å². The number of hydrogen-bond donors (Lipinski definition) is 1. The predicted molar refractivity (Wildman–Crippen MR) is 101 cm³/mol. The molecule has 0 radical (unpaired) electrons. The van der Waals surface area contributed by atoms with Crippen LogP contribution in [0, 0.1) is 0 Å². The quantitative estimate of drug-likeness (QED) is 0.432. The minimum atomic E-state index is -2.24. The van der Waals surface area contributed by atoms with Gasteiger partial charge in [0.1, 0.15) is 5.92 Å². The molecule has 0 spiro atoms. The Morgan fingerprint density at radius 2 is 1.39 bits per heavy atom. The van der Waals surface area contributed by atoms with E-state index in [2.05, 4.69) is 0 Å². The van der Waals surface area contributed by atoms with E-state index in [1.54, 1.807) is 78.9 Å². The van der Waals surface area contributed by atoms with E-state index >= 15 is 0 Å². The van der Waals surface area contributed by atoms with Crippen molar-refractivity contribution in [2.24, 2.45) is 0 Å². The highest BCUT2D eigenvalue weighted by molar-refractivity contribution is 6.11. The molecule has 28 heavy (non-hydrogen) atoms. The van der Waals surface area contributed by atoms with Gasteiger partial charge >= 0.3 is 11.9 Å². The molecule has 0 saturated carbocycles. The average Bonchev–Trinajstić information content (AvgIpc) is 2.74. The lowest BCUT2D eigenvalue weighted by Crippen LogP contribution is -2.48. The second kappa shape index (κ2) is 6.87. The minimum absolute atomic E-state index is 0.155. The van der Waals surface area contributed by atoms with E-state index < -0.39 is 29.2 Å². The Morgan fingerprint density at radius 1 is 0.821 bits per heavy atom. The Morgan fingerprint density at radius 3 is 2.07 bits per heavy atom. The van der Waals surface area contributed by atoms with Gasteiger partial charge in [0.05, 0.1) is 5.56 Å². The van der Waals surface area contributed by atoms with Gasteiger partial charge in [-0.05, 0) is 17.2 Å². The molecule has 5 heteroatoms. The van der Waals surface area contributed by atoms with Crippen LogP contribution in [0.1, 0.15) is 37.8 Å². The third-order valence-corrected chi connectivity index (χ3v) is 4.93. The first-order valence-corrected chi connectivity index (χ1v) is 8.76. The van der Waals surface area contributed by atoms with E-state index in [1.165, 1.54) is 6.07 Å². The van der Waals surface area contributed by atoms with Crippen LogP contribution in [-0.4, -0.2) is 22.8 Å². The second-order valence-corrected chi connectivity index (χ2v) is 6.56. The Hall–Kier alpha value is -3.57.